The van der Waals surface area contributed by atoms with Crippen LogP contribution in [0.4, 0.5) is 5.69 Å². The van der Waals surface area contributed by atoms with E-state index in [-0.39, 0.29) is 10.6 Å². The molecule has 0 unspecified atom stereocenters. The maximum atomic E-state index is 11.8. The van der Waals surface area contributed by atoms with Crippen LogP contribution in [0.1, 0.15) is 26.2 Å². The normalized spacial score (nSPS) is 9.94. The first kappa shape index (κ1) is 13.6. The first-order chi connectivity index (χ1) is 8.20. The van der Waals surface area contributed by atoms with Gasteiger partial charge in [-0.05, 0) is 12.8 Å². The average molecular weight is 254 g/mol. The second-order valence-electron chi connectivity index (χ2n) is 3.63. The monoisotopic (exact) mass is 253 g/mol. The molecule has 0 saturated heterocycles. The lowest BCUT2D eigenvalue weighted by Crippen LogP contribution is -2.24. The minimum absolute atomic E-state index is 0.189. The van der Waals surface area contributed by atoms with E-state index in [2.05, 4.69) is 16.3 Å². The van der Waals surface area contributed by atoms with E-state index in [0.717, 1.165) is 12.8 Å². The zero-order valence-corrected chi connectivity index (χ0v) is 10.6. The van der Waals surface area contributed by atoms with Crippen LogP contribution in [0.3, 0.4) is 0 Å². The third kappa shape index (κ3) is 3.79. The summed E-state index contributed by atoms with van der Waals surface area (Å²) in [7, 11) is 0. The fraction of sp³-hybridized carbons (Fsp3) is 0.500. The van der Waals surface area contributed by atoms with E-state index >= 15 is 0 Å². The molecule has 0 aliphatic carbocycles. The van der Waals surface area contributed by atoms with Gasteiger partial charge in [0.25, 0.3) is 5.56 Å². The van der Waals surface area contributed by atoms with Gasteiger partial charge in [-0.2, -0.15) is 5.10 Å². The molecule has 1 aromatic heterocycles. The summed E-state index contributed by atoms with van der Waals surface area (Å²) >= 11 is 5.97. The number of hydrogen-bond acceptors (Lipinski definition) is 3. The summed E-state index contributed by atoms with van der Waals surface area (Å²) in [6.45, 7) is 3.24. The Morgan fingerprint density at radius 1 is 1.65 bits per heavy atom. The van der Waals surface area contributed by atoms with Crippen LogP contribution in [-0.2, 0) is 6.54 Å². The Kier molecular flexibility index (Phi) is 5.58. The van der Waals surface area contributed by atoms with Crippen molar-refractivity contribution in [3.8, 4) is 12.3 Å². The van der Waals surface area contributed by atoms with E-state index < -0.39 is 0 Å². The molecule has 0 atom stereocenters. The molecule has 17 heavy (non-hydrogen) atoms. The van der Waals surface area contributed by atoms with Crippen molar-refractivity contribution in [1.29, 1.82) is 0 Å². The lowest BCUT2D eigenvalue weighted by molar-refractivity contribution is 0.568. The molecule has 0 aliphatic rings. The first-order valence-electron chi connectivity index (χ1n) is 5.63. The van der Waals surface area contributed by atoms with Crippen molar-refractivity contribution < 1.29 is 0 Å². The molecule has 5 heteroatoms. The highest BCUT2D eigenvalue weighted by Gasteiger charge is 2.07. The van der Waals surface area contributed by atoms with Crippen LogP contribution < -0.4 is 10.9 Å². The summed E-state index contributed by atoms with van der Waals surface area (Å²) in [4.78, 5) is 11.8. The van der Waals surface area contributed by atoms with Crippen molar-refractivity contribution in [2.75, 3.05) is 11.9 Å². The number of unbranched alkanes of at least 4 members (excludes halogenated alkanes) is 1. The van der Waals surface area contributed by atoms with Gasteiger partial charge >= 0.3 is 0 Å². The van der Waals surface area contributed by atoms with Gasteiger partial charge in [-0.3, -0.25) is 4.79 Å². The summed E-state index contributed by atoms with van der Waals surface area (Å²) in [6.07, 6.45) is 9.11. The maximum Gasteiger partial charge on any atom is 0.287 e. The Balaban J connectivity index is 2.72. The molecule has 0 aromatic carbocycles. The van der Waals surface area contributed by atoms with Crippen molar-refractivity contribution in [3.05, 3.63) is 21.6 Å². The summed E-state index contributed by atoms with van der Waals surface area (Å²) < 4.78 is 1.37. The molecule has 0 saturated carbocycles. The van der Waals surface area contributed by atoms with Crippen molar-refractivity contribution >= 4 is 17.3 Å². The Bertz CT molecular complexity index is 462. The largest absolute Gasteiger partial charge is 0.382 e. The van der Waals surface area contributed by atoms with Gasteiger partial charge in [-0.25, -0.2) is 4.68 Å². The minimum atomic E-state index is -0.254. The second-order valence-corrected chi connectivity index (χ2v) is 4.01. The van der Waals surface area contributed by atoms with Crippen LogP contribution in [0.5, 0.6) is 0 Å². The Morgan fingerprint density at radius 3 is 3.06 bits per heavy atom. The highest BCUT2D eigenvalue weighted by Crippen LogP contribution is 2.15. The van der Waals surface area contributed by atoms with Gasteiger partial charge < -0.3 is 5.32 Å². The van der Waals surface area contributed by atoms with Crippen LogP contribution >= 0.6 is 11.6 Å². The number of rotatable bonds is 6. The van der Waals surface area contributed by atoms with Gasteiger partial charge in [0.2, 0.25) is 0 Å². The van der Waals surface area contributed by atoms with Gasteiger partial charge in [0.05, 0.1) is 11.9 Å². The van der Waals surface area contributed by atoms with Crippen molar-refractivity contribution in [2.24, 2.45) is 0 Å². The number of aryl methyl sites for hydroxylation is 1. The van der Waals surface area contributed by atoms with Crippen molar-refractivity contribution in [3.63, 3.8) is 0 Å². The molecule has 0 radical (unpaired) electrons. The number of halogens is 1. The SMILES string of the molecule is C#CCCCNc1cnn(CCC)c(=O)c1Cl. The Morgan fingerprint density at radius 2 is 2.41 bits per heavy atom. The van der Waals surface area contributed by atoms with E-state index in [9.17, 15) is 4.79 Å². The molecular weight excluding hydrogens is 238 g/mol. The molecule has 0 fully saturated rings. The quantitative estimate of drug-likeness (QED) is 0.624. The molecule has 4 nitrogen and oxygen atoms in total. The van der Waals surface area contributed by atoms with Gasteiger partial charge in [-0.15, -0.1) is 12.3 Å². The van der Waals surface area contributed by atoms with Crippen LogP contribution in [0, 0.1) is 12.3 Å². The second kappa shape index (κ2) is 6.97. The highest BCUT2D eigenvalue weighted by molar-refractivity contribution is 6.32. The lowest BCUT2D eigenvalue weighted by Gasteiger charge is -2.09. The van der Waals surface area contributed by atoms with Crippen LogP contribution in [-0.4, -0.2) is 16.3 Å². The van der Waals surface area contributed by atoms with E-state index in [1.165, 1.54) is 4.68 Å². The van der Waals surface area contributed by atoms with Crippen LogP contribution in [0.2, 0.25) is 5.02 Å². The number of anilines is 1. The third-order valence-electron chi connectivity index (χ3n) is 2.23. The molecule has 0 aliphatic heterocycles. The van der Waals surface area contributed by atoms with Gasteiger partial charge in [-0.1, -0.05) is 18.5 Å². The van der Waals surface area contributed by atoms with Crippen LogP contribution in [0.15, 0.2) is 11.0 Å². The Labute approximate surface area is 106 Å². The molecule has 1 aromatic rings. The van der Waals surface area contributed by atoms with Crippen LogP contribution in [0.25, 0.3) is 0 Å². The smallest absolute Gasteiger partial charge is 0.287 e. The number of terminal acetylenes is 1. The zero-order valence-electron chi connectivity index (χ0n) is 9.87. The molecule has 92 valence electrons. The summed E-state index contributed by atoms with van der Waals surface area (Å²) in [5.41, 5.74) is 0.316. The first-order valence-corrected chi connectivity index (χ1v) is 6.01. The molecule has 1 heterocycles. The molecule has 1 rings (SSSR count). The molecular formula is C12H16ClN3O. The van der Waals surface area contributed by atoms with E-state index in [1.54, 1.807) is 6.20 Å². The van der Waals surface area contributed by atoms with Crippen molar-refractivity contribution in [1.82, 2.24) is 9.78 Å². The fourth-order valence-electron chi connectivity index (χ4n) is 1.37. The number of nitrogens with zero attached hydrogens (tertiary/aromatic N) is 2. The third-order valence-corrected chi connectivity index (χ3v) is 2.60. The van der Waals surface area contributed by atoms with E-state index in [0.29, 0.717) is 25.2 Å². The fourth-order valence-corrected chi connectivity index (χ4v) is 1.59. The number of hydrogen-bond donors (Lipinski definition) is 1. The average Bonchev–Trinajstić information content (AvgIpc) is 2.33. The van der Waals surface area contributed by atoms with E-state index in [4.69, 9.17) is 18.0 Å². The molecule has 1 N–H and O–H groups in total. The van der Waals surface area contributed by atoms with Gasteiger partial charge in [0.1, 0.15) is 5.02 Å². The predicted molar refractivity (Wildman–Crippen MR) is 70.4 cm³/mol. The molecule has 0 spiro atoms. The Hall–Kier alpha value is -1.47. The summed E-state index contributed by atoms with van der Waals surface area (Å²) in [6, 6.07) is 0. The highest BCUT2D eigenvalue weighted by atomic mass is 35.5. The van der Waals surface area contributed by atoms with Crippen molar-refractivity contribution in [2.45, 2.75) is 32.7 Å². The molecule has 0 bridgehead atoms. The maximum absolute atomic E-state index is 11.8. The predicted octanol–water partition coefficient (Wildman–Crippen LogP) is 2.13. The molecule has 0 amide bonds. The zero-order chi connectivity index (χ0) is 12.7. The van der Waals surface area contributed by atoms with Gasteiger partial charge in [0.15, 0.2) is 0 Å². The topological polar surface area (TPSA) is 46.9 Å². The number of aromatic nitrogens is 2. The minimum Gasteiger partial charge on any atom is -0.382 e. The standard InChI is InChI=1S/C12H16ClN3O/c1-3-5-6-7-14-10-9-15-16(8-4-2)12(17)11(10)13/h1,9,14H,4-8H2,2H3. The summed E-state index contributed by atoms with van der Waals surface area (Å²) in [5.74, 6) is 2.55. The summed E-state index contributed by atoms with van der Waals surface area (Å²) in [5, 5.41) is 7.29. The number of nitrogens with one attached hydrogen (secondary N) is 1. The van der Waals surface area contributed by atoms with E-state index in [1.807, 2.05) is 6.92 Å². The van der Waals surface area contributed by atoms with Gasteiger partial charge in [0, 0.05) is 19.5 Å². The lowest BCUT2D eigenvalue weighted by atomic mass is 10.3.